The van der Waals surface area contributed by atoms with Gasteiger partial charge < -0.3 is 17.8 Å². The predicted octanol–water partition coefficient (Wildman–Crippen LogP) is 0.541. The van der Waals surface area contributed by atoms with Crippen LogP contribution in [0.1, 0.15) is 12.8 Å². The molecule has 0 radical (unpaired) electrons. The molecule has 0 N–H and O–H groups in total. The van der Waals surface area contributed by atoms with Crippen molar-refractivity contribution in [3.05, 3.63) is 19.1 Å². The summed E-state index contributed by atoms with van der Waals surface area (Å²) in [5.74, 6) is -2.13. The van der Waals surface area contributed by atoms with E-state index in [-0.39, 0.29) is 33.1 Å². The van der Waals surface area contributed by atoms with Gasteiger partial charge in [0.2, 0.25) is 5.78 Å². The van der Waals surface area contributed by atoms with Crippen molar-refractivity contribution in [2.45, 2.75) is 12.8 Å². The van der Waals surface area contributed by atoms with Gasteiger partial charge in [-0.15, -0.1) is 5.92 Å². The van der Waals surface area contributed by atoms with E-state index in [0.717, 1.165) is 0 Å². The number of rotatable bonds is 3. The van der Waals surface area contributed by atoms with Crippen LogP contribution in [-0.4, -0.2) is 17.9 Å². The Hall–Kier alpha value is -0.562. The number of carbonyl (C=O) groups excluding carboxylic acids is 3. The summed E-state index contributed by atoms with van der Waals surface area (Å²) in [5, 5.41) is 0. The molecule has 0 aliphatic heterocycles. The Morgan fingerprint density at radius 2 is 2.21 bits per heavy atom. The molecule has 4 heteroatoms. The van der Waals surface area contributed by atoms with Gasteiger partial charge in [0.05, 0.1) is 5.92 Å². The minimum Gasteiger partial charge on any atom is -0.520 e. The van der Waals surface area contributed by atoms with Crippen LogP contribution in [0.5, 0.6) is 0 Å². The molecule has 1 rings (SSSR count). The first-order valence-electron chi connectivity index (χ1n) is 4.12. The molecule has 2 atom stereocenters. The van der Waals surface area contributed by atoms with Crippen molar-refractivity contribution in [1.82, 2.24) is 0 Å². The van der Waals surface area contributed by atoms with E-state index in [9.17, 15) is 14.4 Å². The maximum absolute atomic E-state index is 11.4. The smallest absolute Gasteiger partial charge is 0.520 e. The summed E-state index contributed by atoms with van der Waals surface area (Å²) in [6, 6.07) is 0. The van der Waals surface area contributed by atoms with E-state index in [0.29, 0.717) is 12.8 Å². The molecule has 0 aromatic carbocycles. The second-order valence-electron chi connectivity index (χ2n) is 3.01. The van der Waals surface area contributed by atoms with Gasteiger partial charge in [0, 0.05) is 0 Å². The zero-order valence-corrected chi connectivity index (χ0v) is 10.4. The minimum absolute atomic E-state index is 0. The van der Waals surface area contributed by atoms with Gasteiger partial charge >= 0.3 is 21.1 Å². The summed E-state index contributed by atoms with van der Waals surface area (Å²) in [5.41, 5.74) is 0. The van der Waals surface area contributed by atoms with Gasteiger partial charge in [-0.25, -0.2) is 0 Å². The van der Waals surface area contributed by atoms with Crippen LogP contribution >= 0.6 is 0 Å². The summed E-state index contributed by atoms with van der Waals surface area (Å²) in [4.78, 5) is 32.6. The summed E-state index contributed by atoms with van der Waals surface area (Å²) in [6.07, 6.45) is 4.31. The molecule has 0 bridgehead atoms. The molecule has 14 heavy (non-hydrogen) atoms. The maximum Gasteiger partial charge on any atom is 2.00 e. The van der Waals surface area contributed by atoms with Gasteiger partial charge in [-0.1, -0.05) is 6.42 Å². The fourth-order valence-electron chi connectivity index (χ4n) is 1.47. The molecule has 2 unspecified atom stereocenters. The van der Waals surface area contributed by atoms with Crippen molar-refractivity contribution in [2.24, 2.45) is 11.8 Å². The fourth-order valence-corrected chi connectivity index (χ4v) is 1.47. The quantitative estimate of drug-likeness (QED) is 0.319. The molecular weight excluding hydrogens is 352 g/mol. The number of Topliss-reactive ketones (excluding diaryl/α,β-unsaturated/α-hetero) is 2. The standard InChI is InChI=1S/C10H10O3.W/c1-2-7-4-3-5-8(10(7)13)9(12)6-11;/h1-2,4,6-8H,3,5H2;/q-2;+2. The molecule has 0 saturated heterocycles. The van der Waals surface area contributed by atoms with Crippen molar-refractivity contribution < 1.29 is 35.4 Å². The Morgan fingerprint density at radius 1 is 1.57 bits per heavy atom. The Kier molecular flexibility index (Phi) is 5.78. The number of aldehydes is 1. The van der Waals surface area contributed by atoms with E-state index in [1.165, 1.54) is 6.08 Å². The van der Waals surface area contributed by atoms with Crippen molar-refractivity contribution in [1.29, 1.82) is 0 Å². The normalized spacial score (nSPS) is 26.1. The van der Waals surface area contributed by atoms with Gasteiger partial charge in [-0.2, -0.15) is 6.42 Å². The average Bonchev–Trinajstić information content (AvgIpc) is 2.17. The monoisotopic (exact) mass is 362 g/mol. The van der Waals surface area contributed by atoms with Gasteiger partial charge in [-0.05, 0) is 0 Å². The zero-order chi connectivity index (χ0) is 9.84. The van der Waals surface area contributed by atoms with Crippen LogP contribution in [0.2, 0.25) is 0 Å². The molecule has 1 aliphatic carbocycles. The van der Waals surface area contributed by atoms with Crippen LogP contribution in [0.25, 0.3) is 0 Å². The van der Waals surface area contributed by atoms with Crippen molar-refractivity contribution in [2.75, 3.05) is 0 Å². The third kappa shape index (κ3) is 2.71. The molecule has 74 valence electrons. The van der Waals surface area contributed by atoms with E-state index in [2.05, 4.69) is 0 Å². The molecule has 0 amide bonds. The van der Waals surface area contributed by atoms with Gasteiger partial charge in [0.1, 0.15) is 5.78 Å². The van der Waals surface area contributed by atoms with Crippen LogP contribution in [0.15, 0.2) is 6.08 Å². The number of hydrogen-bond acceptors (Lipinski definition) is 3. The van der Waals surface area contributed by atoms with Crippen LogP contribution in [0.4, 0.5) is 0 Å². The SMILES string of the molecule is [CH-]=CC1[CH-]CCC(C(=O)C=O)C1=O.[W+2]. The van der Waals surface area contributed by atoms with Gasteiger partial charge in [0.25, 0.3) is 0 Å². The first-order valence-corrected chi connectivity index (χ1v) is 4.12. The van der Waals surface area contributed by atoms with E-state index in [4.69, 9.17) is 6.58 Å². The molecule has 0 spiro atoms. The summed E-state index contributed by atoms with van der Waals surface area (Å²) in [7, 11) is 0. The van der Waals surface area contributed by atoms with E-state index >= 15 is 0 Å². The topological polar surface area (TPSA) is 51.2 Å². The van der Waals surface area contributed by atoms with Crippen molar-refractivity contribution in [3.63, 3.8) is 0 Å². The molecule has 1 saturated carbocycles. The van der Waals surface area contributed by atoms with Crippen molar-refractivity contribution in [3.8, 4) is 0 Å². The van der Waals surface area contributed by atoms with Crippen LogP contribution in [-0.2, 0) is 35.4 Å². The predicted molar refractivity (Wildman–Crippen MR) is 45.5 cm³/mol. The number of carbonyl (C=O) groups is 3. The summed E-state index contributed by atoms with van der Waals surface area (Å²) < 4.78 is 0. The maximum atomic E-state index is 11.4. The van der Waals surface area contributed by atoms with Gasteiger partial charge in [-0.3, -0.25) is 15.7 Å². The Labute approximate surface area is 97.2 Å². The molecule has 0 heterocycles. The van der Waals surface area contributed by atoms with E-state index < -0.39 is 17.6 Å². The Bertz CT molecular complexity index is 260. The summed E-state index contributed by atoms with van der Waals surface area (Å²) >= 11 is 0. The van der Waals surface area contributed by atoms with Crippen LogP contribution < -0.4 is 0 Å². The number of hydrogen-bond donors (Lipinski definition) is 0. The van der Waals surface area contributed by atoms with Crippen LogP contribution in [0.3, 0.4) is 0 Å². The first kappa shape index (κ1) is 13.4. The molecule has 1 aliphatic rings. The average molecular weight is 362 g/mol. The zero-order valence-electron chi connectivity index (χ0n) is 7.51. The molecule has 3 nitrogen and oxygen atoms in total. The number of allylic oxidation sites excluding steroid dienone is 1. The van der Waals surface area contributed by atoms with Gasteiger partial charge in [0.15, 0.2) is 6.29 Å². The van der Waals surface area contributed by atoms with Crippen LogP contribution in [0, 0.1) is 24.8 Å². The third-order valence-corrected chi connectivity index (χ3v) is 2.21. The van der Waals surface area contributed by atoms with E-state index in [1.54, 1.807) is 6.42 Å². The first-order chi connectivity index (χ1) is 6.20. The molecule has 0 aromatic heterocycles. The Balaban J connectivity index is 0.00000169. The largest absolute Gasteiger partial charge is 2.00 e. The second kappa shape index (κ2) is 6.02. The molecular formula is C10H10O3W. The summed E-state index contributed by atoms with van der Waals surface area (Å²) in [6.45, 7) is 5.22. The van der Waals surface area contributed by atoms with Crippen molar-refractivity contribution >= 4 is 17.9 Å². The minimum atomic E-state index is -0.771. The molecule has 1 fully saturated rings. The number of ketones is 2. The fraction of sp³-hybridized carbons (Fsp3) is 0.400. The third-order valence-electron chi connectivity index (χ3n) is 2.21. The molecule has 0 aromatic rings. The van der Waals surface area contributed by atoms with E-state index in [1.807, 2.05) is 0 Å². The Morgan fingerprint density at radius 3 is 2.71 bits per heavy atom. The second-order valence-corrected chi connectivity index (χ2v) is 3.01.